The van der Waals surface area contributed by atoms with Gasteiger partial charge in [-0.25, -0.2) is 4.79 Å². The molecule has 0 unspecified atom stereocenters. The first-order chi connectivity index (χ1) is 9.97. The van der Waals surface area contributed by atoms with Gasteiger partial charge in [-0.2, -0.15) is 0 Å². The van der Waals surface area contributed by atoms with E-state index in [1.54, 1.807) is 0 Å². The maximum Gasteiger partial charge on any atom is 0.330 e. The molecule has 0 saturated heterocycles. The molecule has 120 valence electrons. The number of anilines is 2. The summed E-state index contributed by atoms with van der Waals surface area (Å²) in [5.74, 6) is 0.198. The van der Waals surface area contributed by atoms with Crippen LogP contribution in [-0.2, 0) is 11.3 Å². The second kappa shape index (κ2) is 8.51. The summed E-state index contributed by atoms with van der Waals surface area (Å²) in [7, 11) is 0. The van der Waals surface area contributed by atoms with Gasteiger partial charge in [0, 0.05) is 19.7 Å². The highest BCUT2D eigenvalue weighted by Gasteiger charge is 2.10. The lowest BCUT2D eigenvalue weighted by Gasteiger charge is -2.13. The molecule has 0 saturated carbocycles. The molecule has 0 aromatic carbocycles. The Kier molecular flexibility index (Phi) is 7.01. The van der Waals surface area contributed by atoms with Crippen molar-refractivity contribution in [3.8, 4) is 0 Å². The molecule has 0 aliphatic heterocycles. The Balaban J connectivity index is 2.61. The molecule has 0 aliphatic rings. The molecule has 0 fully saturated rings. The molecule has 0 bridgehead atoms. The summed E-state index contributed by atoms with van der Waals surface area (Å²) in [5, 5.41) is 3.01. The van der Waals surface area contributed by atoms with E-state index < -0.39 is 11.2 Å². The standard InChI is InChI=1S/C14H26N4O3/c1-4-8-18-12(15)11(13(19)17-14(18)20)16-7-5-6-9-21-10(2)3/h10,16H,4-9,15H2,1-3H3,(H,17,19,20). The van der Waals surface area contributed by atoms with Gasteiger partial charge in [-0.15, -0.1) is 0 Å². The summed E-state index contributed by atoms with van der Waals surface area (Å²) in [6.45, 7) is 7.72. The van der Waals surface area contributed by atoms with Crippen molar-refractivity contribution >= 4 is 11.5 Å². The zero-order chi connectivity index (χ0) is 15.8. The van der Waals surface area contributed by atoms with Crippen molar-refractivity contribution < 1.29 is 4.74 Å². The number of rotatable bonds is 9. The van der Waals surface area contributed by atoms with Gasteiger partial charge in [0.05, 0.1) is 6.10 Å². The fourth-order valence-electron chi connectivity index (χ4n) is 1.96. The highest BCUT2D eigenvalue weighted by atomic mass is 16.5. The minimum atomic E-state index is -0.469. The van der Waals surface area contributed by atoms with Crippen molar-refractivity contribution in [3.63, 3.8) is 0 Å². The van der Waals surface area contributed by atoms with Gasteiger partial charge in [0.2, 0.25) is 0 Å². The van der Waals surface area contributed by atoms with Crippen LogP contribution in [0.5, 0.6) is 0 Å². The molecule has 4 N–H and O–H groups in total. The molecule has 7 heteroatoms. The topological polar surface area (TPSA) is 102 Å². The Morgan fingerprint density at radius 1 is 1.33 bits per heavy atom. The van der Waals surface area contributed by atoms with Crippen LogP contribution in [0.15, 0.2) is 9.59 Å². The van der Waals surface area contributed by atoms with Crippen LogP contribution < -0.4 is 22.3 Å². The van der Waals surface area contributed by atoms with Crippen LogP contribution in [0.1, 0.15) is 40.0 Å². The van der Waals surface area contributed by atoms with E-state index in [1.165, 1.54) is 4.57 Å². The van der Waals surface area contributed by atoms with Gasteiger partial charge in [0.1, 0.15) is 11.5 Å². The van der Waals surface area contributed by atoms with E-state index in [0.29, 0.717) is 19.7 Å². The number of nitrogens with one attached hydrogen (secondary N) is 2. The number of nitrogen functional groups attached to an aromatic ring is 1. The van der Waals surface area contributed by atoms with E-state index in [1.807, 2.05) is 20.8 Å². The Morgan fingerprint density at radius 2 is 2.05 bits per heavy atom. The Bertz CT molecular complexity index is 548. The highest BCUT2D eigenvalue weighted by Crippen LogP contribution is 2.10. The first-order valence-corrected chi connectivity index (χ1v) is 7.45. The van der Waals surface area contributed by atoms with Crippen LogP contribution in [0, 0.1) is 0 Å². The predicted molar refractivity (Wildman–Crippen MR) is 84.8 cm³/mol. The van der Waals surface area contributed by atoms with Crippen LogP contribution in [0.3, 0.4) is 0 Å². The van der Waals surface area contributed by atoms with Gasteiger partial charge in [0.25, 0.3) is 5.56 Å². The van der Waals surface area contributed by atoms with Crippen molar-refractivity contribution in [1.82, 2.24) is 9.55 Å². The number of aromatic amines is 1. The molecule has 1 heterocycles. The fourth-order valence-corrected chi connectivity index (χ4v) is 1.96. The lowest BCUT2D eigenvalue weighted by atomic mass is 10.3. The van der Waals surface area contributed by atoms with Gasteiger partial charge in [-0.1, -0.05) is 6.92 Å². The molecule has 0 spiro atoms. The van der Waals surface area contributed by atoms with Crippen LogP contribution in [0.25, 0.3) is 0 Å². The molecule has 1 aromatic heterocycles. The van der Waals surface area contributed by atoms with Crippen LogP contribution in [0.4, 0.5) is 11.5 Å². The number of hydrogen-bond donors (Lipinski definition) is 3. The molecule has 1 rings (SSSR count). The van der Waals surface area contributed by atoms with Crippen molar-refractivity contribution in [1.29, 1.82) is 0 Å². The average molecular weight is 298 g/mol. The normalized spacial score (nSPS) is 11.0. The molecule has 0 radical (unpaired) electrons. The second-order valence-corrected chi connectivity index (χ2v) is 5.22. The summed E-state index contributed by atoms with van der Waals surface area (Å²) in [4.78, 5) is 25.7. The SMILES string of the molecule is CCCn1c(N)c(NCCCCOC(C)C)c(=O)[nH]c1=O. The van der Waals surface area contributed by atoms with Crippen molar-refractivity contribution in [2.24, 2.45) is 0 Å². The third-order valence-electron chi connectivity index (χ3n) is 3.01. The molecule has 0 amide bonds. The molecule has 21 heavy (non-hydrogen) atoms. The van der Waals surface area contributed by atoms with Crippen molar-refractivity contribution in [2.45, 2.75) is 52.7 Å². The fraction of sp³-hybridized carbons (Fsp3) is 0.714. The van der Waals surface area contributed by atoms with E-state index in [9.17, 15) is 9.59 Å². The quantitative estimate of drug-likeness (QED) is 0.593. The number of nitrogens with two attached hydrogens (primary N) is 1. The van der Waals surface area contributed by atoms with Crippen LogP contribution >= 0.6 is 0 Å². The van der Waals surface area contributed by atoms with Gasteiger partial charge in [-0.3, -0.25) is 14.3 Å². The number of nitrogens with zero attached hydrogens (tertiary/aromatic N) is 1. The average Bonchev–Trinajstić information content (AvgIpc) is 2.41. The number of hydrogen-bond acceptors (Lipinski definition) is 5. The molecular weight excluding hydrogens is 272 g/mol. The minimum absolute atomic E-state index is 0.198. The Morgan fingerprint density at radius 3 is 2.67 bits per heavy atom. The lowest BCUT2D eigenvalue weighted by Crippen LogP contribution is -2.34. The van der Waals surface area contributed by atoms with E-state index >= 15 is 0 Å². The smallest absolute Gasteiger partial charge is 0.330 e. The van der Waals surface area contributed by atoms with Crippen LogP contribution in [-0.4, -0.2) is 28.8 Å². The molecule has 7 nitrogen and oxygen atoms in total. The van der Waals surface area contributed by atoms with Gasteiger partial charge in [0.15, 0.2) is 0 Å². The molecule has 1 aromatic rings. The van der Waals surface area contributed by atoms with E-state index in [0.717, 1.165) is 19.3 Å². The van der Waals surface area contributed by atoms with Gasteiger partial charge in [-0.05, 0) is 33.1 Å². The number of aromatic nitrogens is 2. The zero-order valence-electron chi connectivity index (χ0n) is 13.1. The molecule has 0 atom stereocenters. The number of H-pyrrole nitrogens is 1. The maximum atomic E-state index is 11.8. The minimum Gasteiger partial charge on any atom is -0.383 e. The van der Waals surface area contributed by atoms with E-state index in [-0.39, 0.29) is 17.6 Å². The summed E-state index contributed by atoms with van der Waals surface area (Å²) in [6.07, 6.45) is 2.76. The maximum absolute atomic E-state index is 11.8. The third-order valence-corrected chi connectivity index (χ3v) is 3.01. The van der Waals surface area contributed by atoms with E-state index in [2.05, 4.69) is 10.3 Å². The Labute approximate surface area is 124 Å². The largest absolute Gasteiger partial charge is 0.383 e. The zero-order valence-corrected chi connectivity index (χ0v) is 13.1. The van der Waals surface area contributed by atoms with Crippen molar-refractivity contribution in [2.75, 3.05) is 24.2 Å². The first kappa shape index (κ1) is 17.3. The van der Waals surface area contributed by atoms with Crippen LogP contribution in [0.2, 0.25) is 0 Å². The van der Waals surface area contributed by atoms with Gasteiger partial charge >= 0.3 is 5.69 Å². The summed E-state index contributed by atoms with van der Waals surface area (Å²) >= 11 is 0. The third kappa shape index (κ3) is 5.26. The van der Waals surface area contributed by atoms with E-state index in [4.69, 9.17) is 10.5 Å². The first-order valence-electron chi connectivity index (χ1n) is 7.45. The highest BCUT2D eigenvalue weighted by molar-refractivity contribution is 5.60. The van der Waals surface area contributed by atoms with Crippen molar-refractivity contribution in [3.05, 3.63) is 20.8 Å². The lowest BCUT2D eigenvalue weighted by molar-refractivity contribution is 0.0765. The molecular formula is C14H26N4O3. The molecule has 0 aliphatic carbocycles. The monoisotopic (exact) mass is 298 g/mol. The Hall–Kier alpha value is -1.76. The van der Waals surface area contributed by atoms with Gasteiger partial charge < -0.3 is 15.8 Å². The number of unbranched alkanes of at least 4 members (excludes halogenated alkanes) is 1. The number of ether oxygens (including phenoxy) is 1. The second-order valence-electron chi connectivity index (χ2n) is 5.22. The summed E-state index contributed by atoms with van der Waals surface area (Å²) in [6, 6.07) is 0. The predicted octanol–water partition coefficient (Wildman–Crippen LogP) is 1.15. The summed E-state index contributed by atoms with van der Waals surface area (Å²) < 4.78 is 6.82. The summed E-state index contributed by atoms with van der Waals surface area (Å²) in [5.41, 5.74) is 5.25.